The van der Waals surface area contributed by atoms with Gasteiger partial charge in [0.25, 0.3) is 0 Å². The number of hydrogen-bond donors (Lipinski definition) is 2. The average Bonchev–Trinajstić information content (AvgIpc) is 2.78. The molecule has 0 aliphatic rings. The number of rotatable bonds is 13. The summed E-state index contributed by atoms with van der Waals surface area (Å²) in [6.07, 6.45) is 5.63. The van der Waals surface area contributed by atoms with Gasteiger partial charge in [-0.05, 0) is 36.8 Å². The molecule has 0 spiro atoms. The van der Waals surface area contributed by atoms with Crippen LogP contribution in [0.3, 0.4) is 0 Å². The number of nitrogens with one attached hydrogen (secondary N) is 2. The van der Waals surface area contributed by atoms with E-state index in [9.17, 15) is 9.59 Å². The highest BCUT2D eigenvalue weighted by molar-refractivity contribution is 5.84. The number of amides is 2. The first-order chi connectivity index (χ1) is 14.7. The van der Waals surface area contributed by atoms with Gasteiger partial charge in [-0.15, -0.1) is 0 Å². The molecule has 0 saturated carbocycles. The lowest BCUT2D eigenvalue weighted by Gasteiger charge is -2.16. The summed E-state index contributed by atoms with van der Waals surface area (Å²) in [5.74, 6) is 0.0834. The normalized spacial score (nSPS) is 12.7. The summed E-state index contributed by atoms with van der Waals surface area (Å²) >= 11 is 0. The van der Waals surface area contributed by atoms with Crippen molar-refractivity contribution in [1.82, 2.24) is 10.6 Å². The third-order valence-corrected chi connectivity index (χ3v) is 5.56. The van der Waals surface area contributed by atoms with Crippen molar-refractivity contribution in [3.05, 3.63) is 71.8 Å². The molecule has 2 rings (SSSR count). The van der Waals surface area contributed by atoms with E-state index < -0.39 is 0 Å². The average molecular weight is 409 g/mol. The van der Waals surface area contributed by atoms with Crippen molar-refractivity contribution in [2.24, 2.45) is 0 Å². The summed E-state index contributed by atoms with van der Waals surface area (Å²) in [5, 5.41) is 6.15. The monoisotopic (exact) mass is 408 g/mol. The molecule has 4 heteroatoms. The molecule has 0 unspecified atom stereocenters. The fourth-order valence-electron chi connectivity index (χ4n) is 3.79. The maximum atomic E-state index is 12.4. The Labute approximate surface area is 181 Å². The molecule has 2 aromatic carbocycles. The predicted octanol–water partition coefficient (Wildman–Crippen LogP) is 5.17. The van der Waals surface area contributed by atoms with Gasteiger partial charge < -0.3 is 10.6 Å². The molecule has 2 amide bonds. The summed E-state index contributed by atoms with van der Waals surface area (Å²) in [4.78, 5) is 24.9. The summed E-state index contributed by atoms with van der Waals surface area (Å²) < 4.78 is 0. The summed E-state index contributed by atoms with van der Waals surface area (Å²) in [6, 6.07) is 19.9. The third-order valence-electron chi connectivity index (χ3n) is 5.56. The second-order valence-electron chi connectivity index (χ2n) is 7.74. The van der Waals surface area contributed by atoms with Gasteiger partial charge in [-0.2, -0.15) is 0 Å². The van der Waals surface area contributed by atoms with E-state index in [2.05, 4.69) is 10.6 Å². The summed E-state index contributed by atoms with van der Waals surface area (Å²) in [6.45, 7) is 5.51. The molecular formula is C26H36N2O2. The van der Waals surface area contributed by atoms with E-state index in [4.69, 9.17) is 0 Å². The van der Waals surface area contributed by atoms with Gasteiger partial charge >= 0.3 is 0 Å². The van der Waals surface area contributed by atoms with E-state index in [0.717, 1.165) is 49.7 Å². The van der Waals surface area contributed by atoms with Crippen molar-refractivity contribution in [3.63, 3.8) is 0 Å². The fraction of sp³-hybridized carbons (Fsp3) is 0.462. The molecule has 0 fully saturated rings. The molecule has 2 atom stereocenters. The molecule has 0 aliphatic carbocycles. The van der Waals surface area contributed by atoms with Crippen molar-refractivity contribution in [1.29, 1.82) is 0 Å². The quantitative estimate of drug-likeness (QED) is 0.449. The number of carbonyl (C=O) groups excluding carboxylic acids is 2. The van der Waals surface area contributed by atoms with E-state index in [-0.39, 0.29) is 23.7 Å². The number of benzene rings is 2. The first kappa shape index (κ1) is 23.7. The van der Waals surface area contributed by atoms with Crippen molar-refractivity contribution < 1.29 is 9.59 Å². The van der Waals surface area contributed by atoms with Crippen molar-refractivity contribution in [3.8, 4) is 0 Å². The second kappa shape index (κ2) is 13.6. The molecule has 0 aliphatic heterocycles. The molecule has 0 bridgehead atoms. The zero-order valence-corrected chi connectivity index (χ0v) is 18.4. The van der Waals surface area contributed by atoms with Crippen LogP contribution in [0.1, 0.15) is 75.3 Å². The van der Waals surface area contributed by atoms with Gasteiger partial charge in [0.2, 0.25) is 11.8 Å². The van der Waals surface area contributed by atoms with Gasteiger partial charge in [0.05, 0.1) is 11.8 Å². The topological polar surface area (TPSA) is 58.2 Å². The molecule has 2 aromatic rings. The standard InChI is InChI=1S/C26H36N2O2/c1-3-23(21-15-9-7-10-16-21)25(29)27-19-13-5-6-14-20-28-26(30)24(4-2)22-17-11-8-12-18-22/h7-12,15-18,23-24H,3-6,13-14,19-20H2,1-2H3,(H,27,29)(H,28,30)/t23-,24-/m0/s1. The van der Waals surface area contributed by atoms with Crippen LogP contribution in [0, 0.1) is 0 Å². The van der Waals surface area contributed by atoms with Crippen LogP contribution >= 0.6 is 0 Å². The van der Waals surface area contributed by atoms with Crippen LogP contribution in [-0.4, -0.2) is 24.9 Å². The minimum atomic E-state index is -0.0717. The highest BCUT2D eigenvalue weighted by atomic mass is 16.2. The zero-order valence-electron chi connectivity index (χ0n) is 18.4. The van der Waals surface area contributed by atoms with Crippen LogP contribution in [0.2, 0.25) is 0 Å². The van der Waals surface area contributed by atoms with Crippen LogP contribution in [0.4, 0.5) is 0 Å². The first-order valence-corrected chi connectivity index (χ1v) is 11.3. The van der Waals surface area contributed by atoms with E-state index in [1.807, 2.05) is 74.5 Å². The highest BCUT2D eigenvalue weighted by Gasteiger charge is 2.18. The van der Waals surface area contributed by atoms with Crippen molar-refractivity contribution in [2.75, 3.05) is 13.1 Å². The second-order valence-corrected chi connectivity index (χ2v) is 7.74. The number of hydrogen-bond acceptors (Lipinski definition) is 2. The summed E-state index contributed by atoms with van der Waals surface area (Å²) in [7, 11) is 0. The van der Waals surface area contributed by atoms with Crippen LogP contribution in [-0.2, 0) is 9.59 Å². The minimum Gasteiger partial charge on any atom is -0.356 e. The van der Waals surface area contributed by atoms with E-state index in [1.165, 1.54) is 0 Å². The van der Waals surface area contributed by atoms with Gasteiger partial charge in [-0.3, -0.25) is 9.59 Å². The van der Waals surface area contributed by atoms with Crippen LogP contribution < -0.4 is 10.6 Å². The lowest BCUT2D eigenvalue weighted by molar-refractivity contribution is -0.123. The molecule has 0 radical (unpaired) electrons. The largest absolute Gasteiger partial charge is 0.356 e. The lowest BCUT2D eigenvalue weighted by atomic mass is 9.95. The maximum absolute atomic E-state index is 12.4. The Bertz CT molecular complexity index is 681. The SMILES string of the molecule is CC[C@H](C(=O)NCCCCCCNC(=O)[C@@H](CC)c1ccccc1)c1ccccc1. The Morgan fingerprint density at radius 2 is 1.00 bits per heavy atom. The third kappa shape index (κ3) is 7.66. The van der Waals surface area contributed by atoms with Gasteiger partial charge in [0.1, 0.15) is 0 Å². The molecule has 2 N–H and O–H groups in total. The lowest BCUT2D eigenvalue weighted by Crippen LogP contribution is -2.30. The number of carbonyl (C=O) groups is 2. The Kier molecular flexibility index (Phi) is 10.7. The number of unbranched alkanes of at least 4 members (excludes halogenated alkanes) is 3. The maximum Gasteiger partial charge on any atom is 0.227 e. The Hall–Kier alpha value is -2.62. The molecule has 0 aromatic heterocycles. The van der Waals surface area contributed by atoms with Crippen LogP contribution in [0.25, 0.3) is 0 Å². The molecule has 4 nitrogen and oxygen atoms in total. The van der Waals surface area contributed by atoms with Crippen LogP contribution in [0.5, 0.6) is 0 Å². The van der Waals surface area contributed by atoms with Gasteiger partial charge in [0.15, 0.2) is 0 Å². The van der Waals surface area contributed by atoms with E-state index >= 15 is 0 Å². The van der Waals surface area contributed by atoms with Crippen molar-refractivity contribution >= 4 is 11.8 Å². The molecule has 162 valence electrons. The molecule has 0 saturated heterocycles. The van der Waals surface area contributed by atoms with Gasteiger partial charge in [0, 0.05) is 13.1 Å². The minimum absolute atomic E-state index is 0.0717. The van der Waals surface area contributed by atoms with Crippen LogP contribution in [0.15, 0.2) is 60.7 Å². The first-order valence-electron chi connectivity index (χ1n) is 11.3. The van der Waals surface area contributed by atoms with E-state index in [0.29, 0.717) is 13.1 Å². The van der Waals surface area contributed by atoms with Crippen molar-refractivity contribution in [2.45, 2.75) is 64.2 Å². The Morgan fingerprint density at radius 3 is 1.33 bits per heavy atom. The highest BCUT2D eigenvalue weighted by Crippen LogP contribution is 2.20. The molecular weight excluding hydrogens is 372 g/mol. The molecule has 0 heterocycles. The Morgan fingerprint density at radius 1 is 0.633 bits per heavy atom. The van der Waals surface area contributed by atoms with Gasteiger partial charge in [-0.25, -0.2) is 0 Å². The Balaban J connectivity index is 1.57. The molecule has 30 heavy (non-hydrogen) atoms. The summed E-state index contributed by atoms with van der Waals surface area (Å²) in [5.41, 5.74) is 2.16. The van der Waals surface area contributed by atoms with E-state index in [1.54, 1.807) is 0 Å². The smallest absolute Gasteiger partial charge is 0.227 e. The fourth-order valence-corrected chi connectivity index (χ4v) is 3.79. The van der Waals surface area contributed by atoms with Gasteiger partial charge in [-0.1, -0.05) is 87.4 Å². The predicted molar refractivity (Wildman–Crippen MR) is 123 cm³/mol. The zero-order chi connectivity index (χ0) is 21.6.